The topological polar surface area (TPSA) is 29.3 Å². The minimum Gasteiger partial charge on any atom is -0.329 e. The van der Waals surface area contributed by atoms with Crippen LogP contribution in [0, 0.1) is 12.8 Å². The van der Waals surface area contributed by atoms with Crippen molar-refractivity contribution in [3.8, 4) is 0 Å². The molecule has 2 rings (SSSR count). The summed E-state index contributed by atoms with van der Waals surface area (Å²) in [5.41, 5.74) is 8.42. The molecule has 1 saturated carbocycles. The van der Waals surface area contributed by atoms with Gasteiger partial charge >= 0.3 is 0 Å². The molecule has 0 radical (unpaired) electrons. The van der Waals surface area contributed by atoms with E-state index in [0.29, 0.717) is 12.6 Å². The minimum atomic E-state index is 0.304. The summed E-state index contributed by atoms with van der Waals surface area (Å²) in [7, 11) is 0. The first-order chi connectivity index (χ1) is 9.15. The first-order valence-corrected chi connectivity index (χ1v) is 7.73. The van der Waals surface area contributed by atoms with Gasteiger partial charge in [-0.3, -0.25) is 4.90 Å². The van der Waals surface area contributed by atoms with E-state index >= 15 is 0 Å². The Morgan fingerprint density at radius 2 is 2.16 bits per heavy atom. The Bertz CT molecular complexity index is 415. The predicted octanol–water partition coefficient (Wildman–Crippen LogP) is 3.77. The van der Waals surface area contributed by atoms with E-state index in [2.05, 4.69) is 30.0 Å². The molecule has 1 unspecified atom stereocenters. The molecule has 1 fully saturated rings. The van der Waals surface area contributed by atoms with E-state index < -0.39 is 0 Å². The first kappa shape index (κ1) is 14.8. The van der Waals surface area contributed by atoms with Crippen molar-refractivity contribution >= 4 is 11.6 Å². The van der Waals surface area contributed by atoms with Crippen LogP contribution in [0.25, 0.3) is 0 Å². The van der Waals surface area contributed by atoms with Crippen LogP contribution in [0.15, 0.2) is 18.2 Å². The van der Waals surface area contributed by atoms with Crippen molar-refractivity contribution in [3.05, 3.63) is 34.3 Å². The zero-order chi connectivity index (χ0) is 13.8. The largest absolute Gasteiger partial charge is 0.329 e. The molecular formula is C16H25ClN2. The van der Waals surface area contributed by atoms with Gasteiger partial charge in [0.05, 0.1) is 0 Å². The standard InChI is InChI=1S/C16H25ClN2/c1-3-8-19(11-13-5-6-13)16(10-18)14-7-4-12(2)15(17)9-14/h4,7,9,13,16H,3,5-6,8,10-11,18H2,1-2H3. The lowest BCUT2D eigenvalue weighted by Crippen LogP contribution is -2.36. The van der Waals surface area contributed by atoms with Crippen LogP contribution >= 0.6 is 11.6 Å². The second-order valence-corrected chi connectivity index (χ2v) is 6.11. The third-order valence-electron chi connectivity index (χ3n) is 3.95. The van der Waals surface area contributed by atoms with E-state index in [1.807, 2.05) is 6.92 Å². The van der Waals surface area contributed by atoms with Crippen LogP contribution < -0.4 is 5.73 Å². The number of rotatable bonds is 7. The maximum absolute atomic E-state index is 6.26. The molecule has 2 N–H and O–H groups in total. The van der Waals surface area contributed by atoms with Gasteiger partial charge in [-0.2, -0.15) is 0 Å². The van der Waals surface area contributed by atoms with E-state index in [1.165, 1.54) is 31.4 Å². The highest BCUT2D eigenvalue weighted by Gasteiger charge is 2.28. The van der Waals surface area contributed by atoms with Gasteiger partial charge in [-0.25, -0.2) is 0 Å². The molecule has 2 nitrogen and oxygen atoms in total. The summed E-state index contributed by atoms with van der Waals surface area (Å²) in [6.07, 6.45) is 3.93. The molecule has 1 aromatic carbocycles. The molecule has 19 heavy (non-hydrogen) atoms. The van der Waals surface area contributed by atoms with E-state index in [4.69, 9.17) is 17.3 Å². The Kier molecular flexibility index (Phi) is 5.26. The lowest BCUT2D eigenvalue weighted by Gasteiger charge is -2.31. The molecule has 1 aliphatic carbocycles. The summed E-state index contributed by atoms with van der Waals surface area (Å²) in [4.78, 5) is 2.54. The molecule has 0 amide bonds. The molecule has 1 aliphatic rings. The van der Waals surface area contributed by atoms with Crippen molar-refractivity contribution in [2.75, 3.05) is 19.6 Å². The average Bonchev–Trinajstić information content (AvgIpc) is 3.19. The number of aryl methyl sites for hydroxylation is 1. The van der Waals surface area contributed by atoms with E-state index in [9.17, 15) is 0 Å². The molecule has 0 spiro atoms. The fourth-order valence-corrected chi connectivity index (χ4v) is 2.79. The third-order valence-corrected chi connectivity index (χ3v) is 4.35. The maximum atomic E-state index is 6.26. The van der Waals surface area contributed by atoms with Gasteiger partial charge in [-0.15, -0.1) is 0 Å². The predicted molar refractivity (Wildman–Crippen MR) is 82.6 cm³/mol. The summed E-state index contributed by atoms with van der Waals surface area (Å²) >= 11 is 6.26. The molecule has 0 bridgehead atoms. The molecule has 106 valence electrons. The summed E-state index contributed by atoms with van der Waals surface area (Å²) in [6, 6.07) is 6.67. The number of hydrogen-bond acceptors (Lipinski definition) is 2. The number of hydrogen-bond donors (Lipinski definition) is 1. The fourth-order valence-electron chi connectivity index (χ4n) is 2.61. The molecular weight excluding hydrogens is 256 g/mol. The number of benzene rings is 1. The van der Waals surface area contributed by atoms with Gasteiger partial charge in [0.1, 0.15) is 0 Å². The van der Waals surface area contributed by atoms with Gasteiger partial charge in [0.15, 0.2) is 0 Å². The summed E-state index contributed by atoms with van der Waals surface area (Å²) in [5, 5.41) is 0.846. The summed E-state index contributed by atoms with van der Waals surface area (Å²) in [6.45, 7) is 7.23. The molecule has 0 aromatic heterocycles. The van der Waals surface area contributed by atoms with E-state index in [1.54, 1.807) is 0 Å². The van der Waals surface area contributed by atoms with Gasteiger partial charge in [-0.1, -0.05) is 30.7 Å². The Morgan fingerprint density at radius 1 is 1.42 bits per heavy atom. The molecule has 0 saturated heterocycles. The van der Waals surface area contributed by atoms with Crippen molar-refractivity contribution < 1.29 is 0 Å². The zero-order valence-corrected chi connectivity index (χ0v) is 12.8. The van der Waals surface area contributed by atoms with Gasteiger partial charge in [-0.05, 0) is 55.8 Å². The van der Waals surface area contributed by atoms with Crippen molar-refractivity contribution in [2.24, 2.45) is 11.7 Å². The normalized spacial score (nSPS) is 16.9. The molecule has 1 aromatic rings. The van der Waals surface area contributed by atoms with Crippen molar-refractivity contribution in [3.63, 3.8) is 0 Å². The van der Waals surface area contributed by atoms with Crippen LogP contribution in [0.3, 0.4) is 0 Å². The van der Waals surface area contributed by atoms with Crippen LogP contribution in [0.4, 0.5) is 0 Å². The fraction of sp³-hybridized carbons (Fsp3) is 0.625. The number of halogens is 1. The SMILES string of the molecule is CCCN(CC1CC1)C(CN)c1ccc(C)c(Cl)c1. The van der Waals surface area contributed by atoms with E-state index in [-0.39, 0.29) is 0 Å². The lowest BCUT2D eigenvalue weighted by molar-refractivity contribution is 0.193. The highest BCUT2D eigenvalue weighted by molar-refractivity contribution is 6.31. The minimum absolute atomic E-state index is 0.304. The smallest absolute Gasteiger partial charge is 0.0471 e. The second-order valence-electron chi connectivity index (χ2n) is 5.70. The molecule has 0 aliphatic heterocycles. The maximum Gasteiger partial charge on any atom is 0.0471 e. The number of nitrogens with two attached hydrogens (primary N) is 1. The summed E-state index contributed by atoms with van der Waals surface area (Å²) in [5.74, 6) is 0.890. The van der Waals surface area contributed by atoms with Crippen LogP contribution in [-0.2, 0) is 0 Å². The highest BCUT2D eigenvalue weighted by atomic mass is 35.5. The van der Waals surface area contributed by atoms with Crippen LogP contribution in [0.1, 0.15) is 43.4 Å². The lowest BCUT2D eigenvalue weighted by atomic mass is 10.0. The van der Waals surface area contributed by atoms with Gasteiger partial charge in [0.25, 0.3) is 0 Å². The second kappa shape index (κ2) is 6.74. The molecule has 1 atom stereocenters. The van der Waals surface area contributed by atoms with Crippen LogP contribution in [0.2, 0.25) is 5.02 Å². The Balaban J connectivity index is 2.16. The Labute approximate surface area is 121 Å². The number of nitrogens with zero attached hydrogens (tertiary/aromatic N) is 1. The Hall–Kier alpha value is -0.570. The van der Waals surface area contributed by atoms with Gasteiger partial charge in [0, 0.05) is 24.2 Å². The molecule has 3 heteroatoms. The van der Waals surface area contributed by atoms with Crippen molar-refractivity contribution in [2.45, 2.75) is 39.2 Å². The van der Waals surface area contributed by atoms with Crippen LogP contribution in [0.5, 0.6) is 0 Å². The van der Waals surface area contributed by atoms with Gasteiger partial charge < -0.3 is 5.73 Å². The van der Waals surface area contributed by atoms with Crippen molar-refractivity contribution in [1.29, 1.82) is 0 Å². The van der Waals surface area contributed by atoms with Crippen molar-refractivity contribution in [1.82, 2.24) is 4.90 Å². The third kappa shape index (κ3) is 3.95. The van der Waals surface area contributed by atoms with Crippen LogP contribution in [-0.4, -0.2) is 24.5 Å². The first-order valence-electron chi connectivity index (χ1n) is 7.35. The summed E-state index contributed by atoms with van der Waals surface area (Å²) < 4.78 is 0. The zero-order valence-electron chi connectivity index (χ0n) is 12.0. The van der Waals surface area contributed by atoms with E-state index in [0.717, 1.165) is 23.0 Å². The average molecular weight is 281 g/mol. The van der Waals surface area contributed by atoms with Gasteiger partial charge in [0.2, 0.25) is 0 Å². The monoisotopic (exact) mass is 280 g/mol. The molecule has 0 heterocycles. The Morgan fingerprint density at radius 3 is 2.68 bits per heavy atom. The highest BCUT2D eigenvalue weighted by Crippen LogP contribution is 2.33. The quantitative estimate of drug-likeness (QED) is 0.824.